The van der Waals surface area contributed by atoms with Gasteiger partial charge in [-0.25, -0.2) is 4.98 Å². The lowest BCUT2D eigenvalue weighted by Crippen LogP contribution is -2.02. The summed E-state index contributed by atoms with van der Waals surface area (Å²) in [6.45, 7) is 4.43. The predicted molar refractivity (Wildman–Crippen MR) is 47.6 cm³/mol. The molecule has 0 N–H and O–H groups in total. The maximum absolute atomic E-state index is 5.25. The van der Waals surface area contributed by atoms with E-state index in [1.165, 1.54) is 12.0 Å². The second-order valence-electron chi connectivity index (χ2n) is 3.54. The Morgan fingerprint density at radius 2 is 2.25 bits per heavy atom. The third-order valence-electron chi connectivity index (χ3n) is 2.38. The molecule has 0 fully saturated rings. The molecule has 64 valence electrons. The standard InChI is InChI=1S/C10H13NO/c1-7(2)8-3-4-9-10(5-8)12-6-11-9/h5-7H,3-4H2,1-2H3. The molecule has 0 amide bonds. The van der Waals surface area contributed by atoms with E-state index >= 15 is 0 Å². The fraction of sp³-hybridized carbons (Fsp3) is 0.500. The summed E-state index contributed by atoms with van der Waals surface area (Å²) >= 11 is 0. The monoisotopic (exact) mass is 163 g/mol. The van der Waals surface area contributed by atoms with Gasteiger partial charge in [0.2, 0.25) is 0 Å². The fourth-order valence-corrected chi connectivity index (χ4v) is 1.54. The maximum Gasteiger partial charge on any atom is 0.181 e. The van der Waals surface area contributed by atoms with Crippen molar-refractivity contribution >= 4 is 6.08 Å². The van der Waals surface area contributed by atoms with Crippen molar-refractivity contribution < 1.29 is 4.42 Å². The van der Waals surface area contributed by atoms with Crippen LogP contribution in [-0.2, 0) is 6.42 Å². The number of fused-ring (bicyclic) bond motifs is 1. The van der Waals surface area contributed by atoms with Crippen LogP contribution in [0.3, 0.4) is 0 Å². The highest BCUT2D eigenvalue weighted by Crippen LogP contribution is 2.26. The van der Waals surface area contributed by atoms with Gasteiger partial charge >= 0.3 is 0 Å². The molecular formula is C10H13NO. The van der Waals surface area contributed by atoms with E-state index in [9.17, 15) is 0 Å². The number of rotatable bonds is 1. The van der Waals surface area contributed by atoms with Gasteiger partial charge in [-0.2, -0.15) is 0 Å². The summed E-state index contributed by atoms with van der Waals surface area (Å²) in [4.78, 5) is 4.14. The molecule has 0 aliphatic heterocycles. The van der Waals surface area contributed by atoms with E-state index in [1.54, 1.807) is 0 Å². The van der Waals surface area contributed by atoms with Crippen molar-refractivity contribution in [2.45, 2.75) is 26.7 Å². The van der Waals surface area contributed by atoms with E-state index in [-0.39, 0.29) is 0 Å². The Morgan fingerprint density at radius 1 is 1.42 bits per heavy atom. The third kappa shape index (κ3) is 1.17. The molecule has 0 radical (unpaired) electrons. The van der Waals surface area contributed by atoms with Gasteiger partial charge in [0.1, 0.15) is 5.76 Å². The lowest BCUT2D eigenvalue weighted by Gasteiger charge is -2.14. The summed E-state index contributed by atoms with van der Waals surface area (Å²) in [5, 5.41) is 0. The van der Waals surface area contributed by atoms with Crippen LogP contribution in [0.5, 0.6) is 0 Å². The van der Waals surface area contributed by atoms with Crippen LogP contribution in [0.25, 0.3) is 6.08 Å². The van der Waals surface area contributed by atoms with Gasteiger partial charge in [-0.15, -0.1) is 0 Å². The number of hydrogen-bond acceptors (Lipinski definition) is 2. The highest BCUT2D eigenvalue weighted by atomic mass is 16.3. The Labute approximate surface area is 72.3 Å². The summed E-state index contributed by atoms with van der Waals surface area (Å²) in [6.07, 6.45) is 5.84. The Kier molecular flexibility index (Phi) is 1.75. The molecule has 1 heterocycles. The quantitative estimate of drug-likeness (QED) is 0.636. The Hall–Kier alpha value is -1.05. The van der Waals surface area contributed by atoms with Crippen molar-refractivity contribution in [1.82, 2.24) is 4.98 Å². The molecule has 0 saturated heterocycles. The first-order chi connectivity index (χ1) is 5.77. The normalized spacial score (nSPS) is 16.1. The molecule has 12 heavy (non-hydrogen) atoms. The molecule has 1 aromatic heterocycles. The van der Waals surface area contributed by atoms with Gasteiger partial charge in [-0.3, -0.25) is 0 Å². The van der Waals surface area contributed by atoms with Crippen LogP contribution in [0.1, 0.15) is 31.7 Å². The van der Waals surface area contributed by atoms with Crippen LogP contribution in [0, 0.1) is 5.92 Å². The van der Waals surface area contributed by atoms with Crippen LogP contribution in [0.15, 0.2) is 16.4 Å². The minimum atomic E-state index is 0.628. The zero-order valence-electron chi connectivity index (χ0n) is 7.50. The number of allylic oxidation sites excluding steroid dienone is 1. The summed E-state index contributed by atoms with van der Waals surface area (Å²) in [5.41, 5.74) is 2.58. The predicted octanol–water partition coefficient (Wildman–Crippen LogP) is 2.66. The number of nitrogens with zero attached hydrogens (tertiary/aromatic N) is 1. The van der Waals surface area contributed by atoms with Crippen molar-refractivity contribution in [2.24, 2.45) is 5.92 Å². The molecule has 0 spiro atoms. The lowest BCUT2D eigenvalue weighted by molar-refractivity contribution is 0.541. The zero-order chi connectivity index (χ0) is 8.55. The van der Waals surface area contributed by atoms with Crippen LogP contribution in [0.4, 0.5) is 0 Å². The summed E-state index contributed by atoms with van der Waals surface area (Å²) in [7, 11) is 0. The van der Waals surface area contributed by atoms with Crippen molar-refractivity contribution in [3.8, 4) is 0 Å². The summed E-state index contributed by atoms with van der Waals surface area (Å²) in [5.74, 6) is 1.59. The molecule has 1 aliphatic rings. The molecule has 1 aliphatic carbocycles. The number of oxazole rings is 1. The average molecular weight is 163 g/mol. The summed E-state index contributed by atoms with van der Waals surface area (Å²) < 4.78 is 5.25. The van der Waals surface area contributed by atoms with Crippen LogP contribution < -0.4 is 0 Å². The molecule has 2 rings (SSSR count). The van der Waals surface area contributed by atoms with Crippen LogP contribution >= 0.6 is 0 Å². The van der Waals surface area contributed by atoms with Gasteiger partial charge in [0.15, 0.2) is 6.39 Å². The number of aromatic nitrogens is 1. The molecule has 0 aromatic carbocycles. The minimum absolute atomic E-state index is 0.628. The molecule has 2 nitrogen and oxygen atoms in total. The lowest BCUT2D eigenvalue weighted by atomic mass is 9.92. The van der Waals surface area contributed by atoms with E-state index in [0.717, 1.165) is 24.3 Å². The Bertz CT molecular complexity index is 309. The van der Waals surface area contributed by atoms with Gasteiger partial charge in [0.05, 0.1) is 5.69 Å². The number of aryl methyl sites for hydroxylation is 1. The van der Waals surface area contributed by atoms with Gasteiger partial charge in [0, 0.05) is 0 Å². The SMILES string of the molecule is CC(C)C1=Cc2ocnc2CC1. The second-order valence-corrected chi connectivity index (χ2v) is 3.54. The molecule has 0 unspecified atom stereocenters. The van der Waals surface area contributed by atoms with Crippen molar-refractivity contribution in [2.75, 3.05) is 0 Å². The smallest absolute Gasteiger partial charge is 0.181 e. The third-order valence-corrected chi connectivity index (χ3v) is 2.38. The van der Waals surface area contributed by atoms with Gasteiger partial charge in [0.25, 0.3) is 0 Å². The van der Waals surface area contributed by atoms with E-state index in [4.69, 9.17) is 4.42 Å². The maximum atomic E-state index is 5.25. The van der Waals surface area contributed by atoms with Crippen molar-refractivity contribution in [3.63, 3.8) is 0 Å². The van der Waals surface area contributed by atoms with E-state index in [2.05, 4.69) is 24.9 Å². The molecular weight excluding hydrogens is 150 g/mol. The molecule has 1 aromatic rings. The average Bonchev–Trinajstić information content (AvgIpc) is 2.49. The fourth-order valence-electron chi connectivity index (χ4n) is 1.54. The molecule has 2 heteroatoms. The van der Waals surface area contributed by atoms with E-state index in [0.29, 0.717) is 5.92 Å². The van der Waals surface area contributed by atoms with Crippen LogP contribution in [-0.4, -0.2) is 4.98 Å². The highest BCUT2D eigenvalue weighted by Gasteiger charge is 2.15. The number of hydrogen-bond donors (Lipinski definition) is 0. The second kappa shape index (κ2) is 2.77. The van der Waals surface area contributed by atoms with Crippen LogP contribution in [0.2, 0.25) is 0 Å². The summed E-state index contributed by atoms with van der Waals surface area (Å²) in [6, 6.07) is 0. The first-order valence-corrected chi connectivity index (χ1v) is 4.40. The molecule has 0 saturated carbocycles. The van der Waals surface area contributed by atoms with Gasteiger partial charge in [-0.1, -0.05) is 19.4 Å². The highest BCUT2D eigenvalue weighted by molar-refractivity contribution is 5.52. The largest absolute Gasteiger partial charge is 0.444 e. The minimum Gasteiger partial charge on any atom is -0.444 e. The molecule has 0 bridgehead atoms. The van der Waals surface area contributed by atoms with Crippen molar-refractivity contribution in [1.29, 1.82) is 0 Å². The van der Waals surface area contributed by atoms with E-state index in [1.807, 2.05) is 0 Å². The molecule has 0 atom stereocenters. The Morgan fingerprint density at radius 3 is 3.00 bits per heavy atom. The topological polar surface area (TPSA) is 26.0 Å². The van der Waals surface area contributed by atoms with Gasteiger partial charge < -0.3 is 4.42 Å². The van der Waals surface area contributed by atoms with Gasteiger partial charge in [-0.05, 0) is 24.8 Å². The first kappa shape index (κ1) is 7.59. The Balaban J connectivity index is 2.35. The van der Waals surface area contributed by atoms with Crippen molar-refractivity contribution in [3.05, 3.63) is 23.4 Å². The first-order valence-electron chi connectivity index (χ1n) is 4.40. The zero-order valence-corrected chi connectivity index (χ0v) is 7.50. The van der Waals surface area contributed by atoms with E-state index < -0.39 is 0 Å².